The topological polar surface area (TPSA) is 24.9 Å². The summed E-state index contributed by atoms with van der Waals surface area (Å²) >= 11 is 0. The van der Waals surface area contributed by atoms with Crippen molar-refractivity contribution in [1.82, 2.24) is 10.3 Å². The molecule has 19 heavy (non-hydrogen) atoms. The number of rotatable bonds is 5. The first-order valence-electron chi connectivity index (χ1n) is 6.60. The van der Waals surface area contributed by atoms with E-state index in [9.17, 15) is 4.39 Å². The summed E-state index contributed by atoms with van der Waals surface area (Å²) in [6.45, 7) is 4.86. The number of nitrogens with zero attached hydrogens (tertiary/aromatic N) is 1. The maximum absolute atomic E-state index is 13.0. The fourth-order valence-corrected chi connectivity index (χ4v) is 1.98. The van der Waals surface area contributed by atoms with Crippen molar-refractivity contribution in [3.05, 3.63) is 65.2 Å². The Labute approximate surface area is 113 Å². The second-order valence-electron chi connectivity index (χ2n) is 4.71. The molecule has 1 unspecified atom stereocenters. The highest BCUT2D eigenvalue weighted by atomic mass is 19.1. The Morgan fingerprint density at radius 2 is 1.89 bits per heavy atom. The molecule has 100 valence electrons. The number of hydrogen-bond acceptors (Lipinski definition) is 2. The molecule has 1 aromatic heterocycles. The molecule has 2 aromatic rings. The summed E-state index contributed by atoms with van der Waals surface area (Å²) < 4.78 is 13.0. The quantitative estimate of drug-likeness (QED) is 0.885. The van der Waals surface area contributed by atoms with Crippen LogP contribution in [0.2, 0.25) is 0 Å². The van der Waals surface area contributed by atoms with Crippen LogP contribution < -0.4 is 5.32 Å². The lowest BCUT2D eigenvalue weighted by Crippen LogP contribution is -2.18. The maximum atomic E-state index is 13.0. The molecule has 3 heteroatoms. The van der Waals surface area contributed by atoms with Gasteiger partial charge in [-0.1, -0.05) is 31.2 Å². The van der Waals surface area contributed by atoms with Gasteiger partial charge >= 0.3 is 0 Å². The molecule has 0 spiro atoms. The Balaban J connectivity index is 1.95. The Morgan fingerprint density at radius 3 is 2.53 bits per heavy atom. The third-order valence-corrected chi connectivity index (χ3v) is 3.26. The first-order chi connectivity index (χ1) is 9.19. The molecule has 0 aliphatic heterocycles. The van der Waals surface area contributed by atoms with Gasteiger partial charge in [0.1, 0.15) is 5.82 Å². The van der Waals surface area contributed by atoms with Crippen LogP contribution in [0.3, 0.4) is 0 Å². The SMILES string of the molecule is CCc1ccc(C(C)NCc2cncc(F)c2)cc1. The van der Waals surface area contributed by atoms with E-state index < -0.39 is 0 Å². The van der Waals surface area contributed by atoms with Gasteiger partial charge in [-0.25, -0.2) is 4.39 Å². The molecular weight excluding hydrogens is 239 g/mol. The van der Waals surface area contributed by atoms with Crippen LogP contribution in [0.1, 0.15) is 36.6 Å². The van der Waals surface area contributed by atoms with Crippen LogP contribution in [0, 0.1) is 5.82 Å². The largest absolute Gasteiger partial charge is 0.306 e. The van der Waals surface area contributed by atoms with E-state index in [0.29, 0.717) is 6.54 Å². The molecular formula is C16H19FN2. The second-order valence-corrected chi connectivity index (χ2v) is 4.71. The first-order valence-corrected chi connectivity index (χ1v) is 6.60. The van der Waals surface area contributed by atoms with Gasteiger partial charge in [0.25, 0.3) is 0 Å². The van der Waals surface area contributed by atoms with Crippen molar-refractivity contribution in [3.63, 3.8) is 0 Å². The lowest BCUT2D eigenvalue weighted by molar-refractivity contribution is 0.566. The van der Waals surface area contributed by atoms with Crippen LogP contribution in [0.15, 0.2) is 42.7 Å². The molecule has 1 heterocycles. The molecule has 0 aliphatic rings. The van der Waals surface area contributed by atoms with Crippen LogP contribution in [0.5, 0.6) is 0 Å². The van der Waals surface area contributed by atoms with E-state index in [4.69, 9.17) is 0 Å². The molecule has 0 radical (unpaired) electrons. The van der Waals surface area contributed by atoms with Gasteiger partial charge in [0.05, 0.1) is 6.20 Å². The van der Waals surface area contributed by atoms with E-state index >= 15 is 0 Å². The monoisotopic (exact) mass is 258 g/mol. The van der Waals surface area contributed by atoms with Crippen LogP contribution >= 0.6 is 0 Å². The van der Waals surface area contributed by atoms with Crippen molar-refractivity contribution in [2.75, 3.05) is 0 Å². The molecule has 0 bridgehead atoms. The molecule has 0 amide bonds. The normalized spacial score (nSPS) is 12.4. The fourth-order valence-electron chi connectivity index (χ4n) is 1.98. The number of hydrogen-bond donors (Lipinski definition) is 1. The van der Waals surface area contributed by atoms with Gasteiger partial charge < -0.3 is 5.32 Å². The highest BCUT2D eigenvalue weighted by Crippen LogP contribution is 2.14. The first kappa shape index (κ1) is 13.7. The van der Waals surface area contributed by atoms with E-state index in [1.54, 1.807) is 6.20 Å². The molecule has 1 atom stereocenters. The van der Waals surface area contributed by atoms with E-state index in [1.165, 1.54) is 23.4 Å². The van der Waals surface area contributed by atoms with Gasteiger partial charge in [0.15, 0.2) is 0 Å². The zero-order chi connectivity index (χ0) is 13.7. The molecule has 0 saturated carbocycles. The molecule has 1 aromatic carbocycles. The molecule has 0 fully saturated rings. The van der Waals surface area contributed by atoms with Gasteiger partial charge in [0.2, 0.25) is 0 Å². The van der Waals surface area contributed by atoms with E-state index in [1.807, 2.05) is 0 Å². The van der Waals surface area contributed by atoms with Crippen molar-refractivity contribution in [2.45, 2.75) is 32.9 Å². The smallest absolute Gasteiger partial charge is 0.141 e. The van der Waals surface area contributed by atoms with Crippen molar-refractivity contribution in [1.29, 1.82) is 0 Å². The zero-order valence-corrected chi connectivity index (χ0v) is 11.4. The van der Waals surface area contributed by atoms with Gasteiger partial charge in [-0.3, -0.25) is 4.98 Å². The fraction of sp³-hybridized carbons (Fsp3) is 0.312. The summed E-state index contributed by atoms with van der Waals surface area (Å²) in [6, 6.07) is 10.3. The van der Waals surface area contributed by atoms with Crippen molar-refractivity contribution >= 4 is 0 Å². The predicted molar refractivity (Wildman–Crippen MR) is 75.3 cm³/mol. The number of aromatic nitrogens is 1. The minimum Gasteiger partial charge on any atom is -0.306 e. The molecule has 2 nitrogen and oxygen atoms in total. The van der Waals surface area contributed by atoms with Gasteiger partial charge in [-0.2, -0.15) is 0 Å². The summed E-state index contributed by atoms with van der Waals surface area (Å²) in [5, 5.41) is 3.37. The highest BCUT2D eigenvalue weighted by molar-refractivity contribution is 5.24. The van der Waals surface area contributed by atoms with Gasteiger partial charge in [-0.05, 0) is 36.1 Å². The molecule has 2 rings (SSSR count). The van der Waals surface area contributed by atoms with Crippen LogP contribution in [0.25, 0.3) is 0 Å². The number of aryl methyl sites for hydroxylation is 1. The minimum absolute atomic E-state index is 0.231. The number of pyridine rings is 1. The third kappa shape index (κ3) is 3.86. The summed E-state index contributed by atoms with van der Waals surface area (Å²) in [7, 11) is 0. The molecule has 0 saturated heterocycles. The Kier molecular flexibility index (Phi) is 4.63. The highest BCUT2D eigenvalue weighted by Gasteiger charge is 2.05. The van der Waals surface area contributed by atoms with Crippen LogP contribution in [-0.2, 0) is 13.0 Å². The number of halogens is 1. The minimum atomic E-state index is -0.292. The lowest BCUT2D eigenvalue weighted by Gasteiger charge is -2.14. The van der Waals surface area contributed by atoms with Crippen molar-refractivity contribution in [2.24, 2.45) is 0 Å². The summed E-state index contributed by atoms with van der Waals surface area (Å²) in [6.07, 6.45) is 3.95. The second kappa shape index (κ2) is 6.43. The maximum Gasteiger partial charge on any atom is 0.141 e. The van der Waals surface area contributed by atoms with E-state index in [2.05, 4.69) is 48.4 Å². The Morgan fingerprint density at radius 1 is 1.16 bits per heavy atom. The Bertz CT molecular complexity index is 523. The standard InChI is InChI=1S/C16H19FN2/c1-3-13-4-6-15(7-5-13)12(2)19-10-14-8-16(17)11-18-9-14/h4-9,11-12,19H,3,10H2,1-2H3. The lowest BCUT2D eigenvalue weighted by atomic mass is 10.0. The van der Waals surface area contributed by atoms with Crippen LogP contribution in [-0.4, -0.2) is 4.98 Å². The average molecular weight is 258 g/mol. The zero-order valence-electron chi connectivity index (χ0n) is 11.4. The predicted octanol–water partition coefficient (Wildman–Crippen LogP) is 3.63. The van der Waals surface area contributed by atoms with Crippen molar-refractivity contribution < 1.29 is 4.39 Å². The van der Waals surface area contributed by atoms with Crippen molar-refractivity contribution in [3.8, 4) is 0 Å². The van der Waals surface area contributed by atoms with Gasteiger partial charge in [0, 0.05) is 18.8 Å². The summed E-state index contributed by atoms with van der Waals surface area (Å²) in [5.74, 6) is -0.292. The van der Waals surface area contributed by atoms with E-state index in [0.717, 1.165) is 12.0 Å². The summed E-state index contributed by atoms with van der Waals surface area (Å²) in [4.78, 5) is 3.84. The average Bonchev–Trinajstić information content (AvgIpc) is 2.45. The Hall–Kier alpha value is -1.74. The number of benzene rings is 1. The molecule has 0 aliphatic carbocycles. The van der Waals surface area contributed by atoms with Crippen LogP contribution in [0.4, 0.5) is 4.39 Å². The number of nitrogens with one attached hydrogen (secondary N) is 1. The van der Waals surface area contributed by atoms with E-state index in [-0.39, 0.29) is 11.9 Å². The van der Waals surface area contributed by atoms with Gasteiger partial charge in [-0.15, -0.1) is 0 Å². The summed E-state index contributed by atoms with van der Waals surface area (Å²) in [5.41, 5.74) is 3.43. The third-order valence-electron chi connectivity index (χ3n) is 3.26. The molecule has 1 N–H and O–H groups in total.